The zero-order chi connectivity index (χ0) is 16.1. The summed E-state index contributed by atoms with van der Waals surface area (Å²) in [6.07, 6.45) is 3.43. The van der Waals surface area contributed by atoms with Crippen molar-refractivity contribution in [2.75, 3.05) is 32.1 Å². The number of aryl methyl sites for hydroxylation is 1. The van der Waals surface area contributed by atoms with Crippen LogP contribution in [0.3, 0.4) is 0 Å². The van der Waals surface area contributed by atoms with E-state index in [-0.39, 0.29) is 0 Å². The van der Waals surface area contributed by atoms with Crippen molar-refractivity contribution in [1.82, 2.24) is 14.3 Å². The van der Waals surface area contributed by atoms with Crippen LogP contribution in [0.5, 0.6) is 5.75 Å². The molecule has 1 atom stereocenters. The van der Waals surface area contributed by atoms with E-state index in [0.29, 0.717) is 6.04 Å². The van der Waals surface area contributed by atoms with Gasteiger partial charge in [0.25, 0.3) is 0 Å². The Balaban J connectivity index is 1.74. The average molecular weight is 332 g/mol. The molecule has 0 bridgehead atoms. The Bertz CT molecular complexity index is 625. The van der Waals surface area contributed by atoms with Crippen LogP contribution in [0.25, 0.3) is 0 Å². The Labute approximate surface area is 141 Å². The Hall–Kier alpha value is -1.66. The van der Waals surface area contributed by atoms with Crippen LogP contribution >= 0.6 is 11.5 Å². The van der Waals surface area contributed by atoms with Gasteiger partial charge >= 0.3 is 0 Å². The summed E-state index contributed by atoms with van der Waals surface area (Å²) < 4.78 is 9.73. The number of nitrogens with one attached hydrogen (secondary N) is 1. The number of anilines is 1. The first-order valence-electron chi connectivity index (χ1n) is 8.24. The fourth-order valence-corrected chi connectivity index (χ4v) is 3.67. The maximum Gasteiger partial charge on any atom is 0.202 e. The molecule has 1 aliphatic rings. The lowest BCUT2D eigenvalue weighted by Gasteiger charge is -2.28. The summed E-state index contributed by atoms with van der Waals surface area (Å²) in [5.41, 5.74) is 1.29. The number of likely N-dealkylation sites (tertiary alicyclic amines) is 1. The second-order valence-corrected chi connectivity index (χ2v) is 6.54. The third kappa shape index (κ3) is 4.00. The molecule has 1 saturated heterocycles. The van der Waals surface area contributed by atoms with Crippen LogP contribution in [0.15, 0.2) is 24.3 Å². The molecule has 0 saturated carbocycles. The molecule has 1 aromatic carbocycles. The predicted molar refractivity (Wildman–Crippen MR) is 94.3 cm³/mol. The molecule has 0 spiro atoms. The third-order valence-corrected chi connectivity index (χ3v) is 5.00. The van der Waals surface area contributed by atoms with E-state index in [2.05, 4.69) is 44.7 Å². The summed E-state index contributed by atoms with van der Waals surface area (Å²) in [5, 5.41) is 4.39. The van der Waals surface area contributed by atoms with Gasteiger partial charge in [0.2, 0.25) is 5.13 Å². The van der Waals surface area contributed by atoms with Crippen LogP contribution in [-0.4, -0.2) is 41.0 Å². The van der Waals surface area contributed by atoms with Crippen LogP contribution in [-0.2, 0) is 6.42 Å². The minimum Gasteiger partial charge on any atom is -0.497 e. The molecule has 5 nitrogen and oxygen atoms in total. The molecule has 23 heavy (non-hydrogen) atoms. The van der Waals surface area contributed by atoms with Crippen molar-refractivity contribution in [2.24, 2.45) is 0 Å². The summed E-state index contributed by atoms with van der Waals surface area (Å²) >= 11 is 1.45. The van der Waals surface area contributed by atoms with Gasteiger partial charge in [-0.2, -0.15) is 4.37 Å². The lowest BCUT2D eigenvalue weighted by Crippen LogP contribution is -2.31. The van der Waals surface area contributed by atoms with Gasteiger partial charge in [0, 0.05) is 24.5 Å². The van der Waals surface area contributed by atoms with Gasteiger partial charge in [0.05, 0.1) is 13.2 Å². The Morgan fingerprint density at radius 1 is 1.35 bits per heavy atom. The van der Waals surface area contributed by atoms with Gasteiger partial charge in [-0.15, -0.1) is 0 Å². The number of benzene rings is 1. The first-order chi connectivity index (χ1) is 11.3. The topological polar surface area (TPSA) is 50.3 Å². The molecular weight excluding hydrogens is 308 g/mol. The highest BCUT2D eigenvalue weighted by molar-refractivity contribution is 7.09. The molecule has 124 valence electrons. The van der Waals surface area contributed by atoms with Gasteiger partial charge < -0.3 is 10.1 Å². The van der Waals surface area contributed by atoms with Gasteiger partial charge in [-0.05, 0) is 43.6 Å². The Morgan fingerprint density at radius 2 is 2.17 bits per heavy atom. The van der Waals surface area contributed by atoms with Crippen LogP contribution < -0.4 is 10.1 Å². The number of nitrogens with zero attached hydrogens (tertiary/aromatic N) is 3. The maximum atomic E-state index is 5.39. The van der Waals surface area contributed by atoms with Crippen molar-refractivity contribution in [3.05, 3.63) is 35.7 Å². The van der Waals surface area contributed by atoms with Crippen LogP contribution in [0.4, 0.5) is 5.13 Å². The Morgan fingerprint density at radius 3 is 2.87 bits per heavy atom. The number of hydrogen-bond donors (Lipinski definition) is 1. The number of aromatic nitrogens is 2. The largest absolute Gasteiger partial charge is 0.497 e. The summed E-state index contributed by atoms with van der Waals surface area (Å²) in [4.78, 5) is 7.05. The van der Waals surface area contributed by atoms with Crippen molar-refractivity contribution in [3.8, 4) is 5.75 Å². The van der Waals surface area contributed by atoms with E-state index < -0.39 is 0 Å². The second kappa shape index (κ2) is 7.75. The van der Waals surface area contributed by atoms with E-state index in [1.807, 2.05) is 6.07 Å². The molecule has 2 heterocycles. The highest BCUT2D eigenvalue weighted by Gasteiger charge is 2.24. The summed E-state index contributed by atoms with van der Waals surface area (Å²) in [6, 6.07) is 8.72. The SMILES string of the molecule is CCc1nsc(NCC(c2cccc(OC)c2)N2CCCC2)n1. The van der Waals surface area contributed by atoms with Crippen molar-refractivity contribution in [1.29, 1.82) is 0 Å². The molecule has 1 unspecified atom stereocenters. The van der Waals surface area contributed by atoms with Gasteiger partial charge in [-0.3, -0.25) is 4.90 Å². The lowest BCUT2D eigenvalue weighted by atomic mass is 10.1. The van der Waals surface area contributed by atoms with Gasteiger partial charge in [0.1, 0.15) is 11.6 Å². The van der Waals surface area contributed by atoms with Crippen molar-refractivity contribution in [3.63, 3.8) is 0 Å². The molecule has 1 fully saturated rings. The van der Waals surface area contributed by atoms with E-state index in [1.54, 1.807) is 7.11 Å². The van der Waals surface area contributed by atoms with E-state index in [1.165, 1.54) is 29.9 Å². The zero-order valence-electron chi connectivity index (χ0n) is 13.8. The normalized spacial score (nSPS) is 16.4. The zero-order valence-corrected chi connectivity index (χ0v) is 14.6. The molecule has 1 aliphatic heterocycles. The quantitative estimate of drug-likeness (QED) is 0.842. The monoisotopic (exact) mass is 332 g/mol. The van der Waals surface area contributed by atoms with Gasteiger partial charge in [-0.25, -0.2) is 4.98 Å². The first kappa shape index (κ1) is 16.2. The molecule has 0 aliphatic carbocycles. The molecule has 0 radical (unpaired) electrons. The average Bonchev–Trinajstić information content (AvgIpc) is 3.27. The molecule has 1 N–H and O–H groups in total. The van der Waals surface area contributed by atoms with Crippen molar-refractivity contribution >= 4 is 16.7 Å². The van der Waals surface area contributed by atoms with E-state index in [0.717, 1.165) is 42.8 Å². The molecule has 2 aromatic rings. The summed E-state index contributed by atoms with van der Waals surface area (Å²) in [5.74, 6) is 1.83. The highest BCUT2D eigenvalue weighted by Crippen LogP contribution is 2.28. The molecule has 1 aromatic heterocycles. The summed E-state index contributed by atoms with van der Waals surface area (Å²) in [6.45, 7) is 5.22. The van der Waals surface area contributed by atoms with Crippen LogP contribution in [0.1, 0.15) is 37.2 Å². The van der Waals surface area contributed by atoms with E-state index in [9.17, 15) is 0 Å². The molecular formula is C17H24N4OS. The number of hydrogen-bond acceptors (Lipinski definition) is 6. The smallest absolute Gasteiger partial charge is 0.202 e. The third-order valence-electron chi connectivity index (χ3n) is 4.29. The fourth-order valence-electron chi connectivity index (χ4n) is 3.01. The van der Waals surface area contributed by atoms with Crippen molar-refractivity contribution < 1.29 is 4.74 Å². The summed E-state index contributed by atoms with van der Waals surface area (Å²) in [7, 11) is 1.72. The predicted octanol–water partition coefficient (Wildman–Crippen LogP) is 3.36. The molecule has 3 rings (SSSR count). The van der Waals surface area contributed by atoms with Gasteiger partial charge in [-0.1, -0.05) is 19.1 Å². The van der Waals surface area contributed by atoms with Crippen LogP contribution in [0, 0.1) is 0 Å². The van der Waals surface area contributed by atoms with E-state index >= 15 is 0 Å². The minimum atomic E-state index is 0.335. The maximum absolute atomic E-state index is 5.39. The van der Waals surface area contributed by atoms with Gasteiger partial charge in [0.15, 0.2) is 0 Å². The minimum absolute atomic E-state index is 0.335. The number of ether oxygens (including phenoxy) is 1. The fraction of sp³-hybridized carbons (Fsp3) is 0.529. The molecule has 0 amide bonds. The second-order valence-electron chi connectivity index (χ2n) is 5.79. The molecule has 6 heteroatoms. The number of methoxy groups -OCH3 is 1. The standard InChI is InChI=1S/C17H24N4OS/c1-3-16-19-17(23-20-16)18-12-15(21-9-4-5-10-21)13-7-6-8-14(11-13)22-2/h6-8,11,15H,3-5,9-10,12H2,1-2H3,(H,18,19,20). The lowest BCUT2D eigenvalue weighted by molar-refractivity contribution is 0.255. The van der Waals surface area contributed by atoms with E-state index in [4.69, 9.17) is 4.74 Å². The van der Waals surface area contributed by atoms with Crippen molar-refractivity contribution in [2.45, 2.75) is 32.2 Å². The highest BCUT2D eigenvalue weighted by atomic mass is 32.1. The number of rotatable bonds is 7. The first-order valence-corrected chi connectivity index (χ1v) is 9.02. The van der Waals surface area contributed by atoms with Crippen LogP contribution in [0.2, 0.25) is 0 Å². The Kier molecular flexibility index (Phi) is 5.46.